The smallest absolute Gasteiger partial charge is 0.377 e. The van der Waals surface area contributed by atoms with Crippen LogP contribution in [0.4, 0.5) is 36.4 Å². The average Bonchev–Trinajstić information content (AvgIpc) is 3.35. The van der Waals surface area contributed by atoms with Crippen molar-refractivity contribution < 1.29 is 35.8 Å². The molecular weight excluding hydrogens is 509 g/mol. The van der Waals surface area contributed by atoms with Gasteiger partial charge in [-0.15, -0.1) is 5.53 Å². The largest absolute Gasteiger partial charge is 0.482 e. The Balaban J connectivity index is 1.66. The minimum absolute atomic E-state index is 0.216. The summed E-state index contributed by atoms with van der Waals surface area (Å²) in [6, 6.07) is 7.16. The summed E-state index contributed by atoms with van der Waals surface area (Å²) in [7, 11) is 0. The van der Waals surface area contributed by atoms with Gasteiger partial charge in [-0.1, -0.05) is 31.2 Å². The second-order valence-electron chi connectivity index (χ2n) is 8.53. The second kappa shape index (κ2) is 9.67. The molecule has 4 rings (SSSR count). The number of β-amino-alcohol motifs (C(OH)–C–C–N with tert-alkyl or cyclic N) is 1. The Morgan fingerprint density at radius 1 is 1.03 bits per heavy atom. The zero-order valence-electron chi connectivity index (χ0n) is 19.1. The number of aromatic nitrogens is 1. The highest BCUT2D eigenvalue weighted by atomic mass is 19.4. The Bertz CT molecular complexity index is 1210. The van der Waals surface area contributed by atoms with Gasteiger partial charge in [0.05, 0.1) is 6.54 Å². The van der Waals surface area contributed by atoms with E-state index in [0.717, 1.165) is 47.9 Å². The number of rotatable bonds is 7. The minimum atomic E-state index is -4.62. The van der Waals surface area contributed by atoms with E-state index in [1.54, 1.807) is 0 Å². The summed E-state index contributed by atoms with van der Waals surface area (Å²) in [5.74, 6) is -6.43. The van der Waals surface area contributed by atoms with Crippen LogP contribution in [0, 0.1) is 5.92 Å². The lowest BCUT2D eigenvalue weighted by atomic mass is 9.77. The fourth-order valence-corrected chi connectivity index (χ4v) is 3.98. The van der Waals surface area contributed by atoms with Crippen LogP contribution in [0.2, 0.25) is 0 Å². The molecule has 0 fully saturated rings. The normalized spacial score (nSPS) is 21.7. The molecule has 198 valence electrons. The van der Waals surface area contributed by atoms with Gasteiger partial charge in [-0.3, -0.25) is 15.3 Å². The van der Waals surface area contributed by atoms with Crippen LogP contribution in [-0.4, -0.2) is 46.1 Å². The SMILES string of the molecule is CC1C(F)=CC=C([C@](O)(CN2C=NNN2)C(F)(F)c2ccc(-c3ccc(NC(F)(F)F)cc3)cn2)C1F. The van der Waals surface area contributed by atoms with Crippen LogP contribution in [0.15, 0.2) is 71.2 Å². The first-order chi connectivity index (χ1) is 17.3. The predicted molar refractivity (Wildman–Crippen MR) is 121 cm³/mol. The molecule has 0 amide bonds. The van der Waals surface area contributed by atoms with Gasteiger partial charge in [0.2, 0.25) is 0 Å². The van der Waals surface area contributed by atoms with Gasteiger partial charge in [0.15, 0.2) is 5.60 Å². The van der Waals surface area contributed by atoms with E-state index < -0.39 is 53.6 Å². The zero-order chi connectivity index (χ0) is 27.0. The van der Waals surface area contributed by atoms with Gasteiger partial charge in [-0.05, 0) is 29.8 Å². The number of hydrazine groups is 2. The van der Waals surface area contributed by atoms with Gasteiger partial charge < -0.3 is 5.11 Å². The Kier molecular flexibility index (Phi) is 6.90. The van der Waals surface area contributed by atoms with Gasteiger partial charge >= 0.3 is 12.2 Å². The van der Waals surface area contributed by atoms with E-state index >= 15 is 13.2 Å². The van der Waals surface area contributed by atoms with E-state index in [4.69, 9.17) is 0 Å². The predicted octanol–water partition coefficient (Wildman–Crippen LogP) is 4.54. The van der Waals surface area contributed by atoms with Crippen molar-refractivity contribution in [1.82, 2.24) is 21.1 Å². The molecule has 1 aliphatic carbocycles. The van der Waals surface area contributed by atoms with Crippen molar-refractivity contribution >= 4 is 12.0 Å². The third kappa shape index (κ3) is 5.25. The van der Waals surface area contributed by atoms with Crippen molar-refractivity contribution in [2.45, 2.75) is 30.9 Å². The fourth-order valence-electron chi connectivity index (χ4n) is 3.98. The van der Waals surface area contributed by atoms with E-state index in [1.165, 1.54) is 30.4 Å². The number of benzene rings is 1. The molecule has 14 heteroatoms. The summed E-state index contributed by atoms with van der Waals surface area (Å²) in [6.45, 7) is 0.282. The molecule has 1 aliphatic heterocycles. The first-order valence-electron chi connectivity index (χ1n) is 10.9. The lowest BCUT2D eigenvalue weighted by Crippen LogP contribution is -2.59. The van der Waals surface area contributed by atoms with Gasteiger partial charge in [0.1, 0.15) is 24.0 Å². The summed E-state index contributed by atoms with van der Waals surface area (Å²) < 4.78 is 98.2. The van der Waals surface area contributed by atoms with Crippen LogP contribution >= 0.6 is 0 Å². The Labute approximate surface area is 206 Å². The van der Waals surface area contributed by atoms with Crippen LogP contribution in [0.3, 0.4) is 0 Å². The van der Waals surface area contributed by atoms with Crippen molar-refractivity contribution in [1.29, 1.82) is 0 Å². The van der Waals surface area contributed by atoms with E-state index in [2.05, 4.69) is 21.2 Å². The molecule has 2 aliphatic rings. The number of alkyl halides is 6. The summed E-state index contributed by atoms with van der Waals surface area (Å²) >= 11 is 0. The van der Waals surface area contributed by atoms with Crippen molar-refractivity contribution in [3.05, 3.63) is 71.8 Å². The van der Waals surface area contributed by atoms with Crippen LogP contribution < -0.4 is 16.4 Å². The van der Waals surface area contributed by atoms with E-state index in [-0.39, 0.29) is 5.69 Å². The van der Waals surface area contributed by atoms with Gasteiger partial charge in [-0.25, -0.2) is 14.3 Å². The van der Waals surface area contributed by atoms with Crippen LogP contribution in [-0.2, 0) is 5.92 Å². The average molecular weight is 530 g/mol. The molecule has 0 radical (unpaired) electrons. The maximum atomic E-state index is 15.9. The summed E-state index contributed by atoms with van der Waals surface area (Å²) in [5, 5.41) is 17.2. The fraction of sp³-hybridized carbons (Fsp3) is 0.304. The molecule has 0 bridgehead atoms. The Morgan fingerprint density at radius 3 is 2.27 bits per heavy atom. The molecular formula is C23H21F7N6O. The quantitative estimate of drug-likeness (QED) is 0.311. The number of hydrogen-bond donors (Lipinski definition) is 4. The molecule has 7 nitrogen and oxygen atoms in total. The van der Waals surface area contributed by atoms with Crippen LogP contribution in [0.1, 0.15) is 12.6 Å². The van der Waals surface area contributed by atoms with E-state index in [1.807, 2.05) is 0 Å². The Morgan fingerprint density at radius 2 is 1.70 bits per heavy atom. The molecule has 2 unspecified atom stereocenters. The number of anilines is 1. The van der Waals surface area contributed by atoms with Crippen molar-refractivity contribution in [3.63, 3.8) is 0 Å². The first-order valence-corrected chi connectivity index (χ1v) is 10.9. The van der Waals surface area contributed by atoms with Crippen molar-refractivity contribution in [3.8, 4) is 11.1 Å². The minimum Gasteiger partial charge on any atom is -0.377 e. The molecule has 1 aromatic heterocycles. The maximum Gasteiger partial charge on any atom is 0.482 e. The number of nitrogens with zero attached hydrogens (tertiary/aromatic N) is 3. The topological polar surface area (TPSA) is 84.8 Å². The molecule has 4 N–H and O–H groups in total. The molecule has 1 aromatic carbocycles. The summed E-state index contributed by atoms with van der Waals surface area (Å²) in [6.07, 6.45) is -3.14. The highest BCUT2D eigenvalue weighted by Crippen LogP contribution is 2.47. The lowest BCUT2D eigenvalue weighted by molar-refractivity contribution is -0.182. The zero-order valence-corrected chi connectivity index (χ0v) is 19.1. The number of nitrogens with one attached hydrogen (secondary N) is 3. The third-order valence-electron chi connectivity index (χ3n) is 6.03. The highest BCUT2D eigenvalue weighted by molar-refractivity contribution is 5.65. The molecule has 3 atom stereocenters. The number of aliphatic hydroxyl groups is 1. The molecule has 2 aromatic rings. The lowest BCUT2D eigenvalue weighted by Gasteiger charge is -2.41. The third-order valence-corrected chi connectivity index (χ3v) is 6.03. The monoisotopic (exact) mass is 530 g/mol. The van der Waals surface area contributed by atoms with Crippen LogP contribution in [0.5, 0.6) is 0 Å². The molecule has 0 saturated carbocycles. The van der Waals surface area contributed by atoms with E-state index in [9.17, 15) is 22.7 Å². The summed E-state index contributed by atoms with van der Waals surface area (Å²) in [4.78, 5) is 3.77. The first kappa shape index (κ1) is 26.4. The van der Waals surface area contributed by atoms with E-state index in [0.29, 0.717) is 11.1 Å². The summed E-state index contributed by atoms with van der Waals surface area (Å²) in [5.41, 5.74) is 0.307. The number of halogens is 7. The van der Waals surface area contributed by atoms with Gasteiger partial charge in [-0.2, -0.15) is 27.1 Å². The van der Waals surface area contributed by atoms with Gasteiger partial charge in [0.25, 0.3) is 0 Å². The molecule has 0 saturated heterocycles. The highest BCUT2D eigenvalue weighted by Gasteiger charge is 2.60. The molecule has 2 heterocycles. The van der Waals surface area contributed by atoms with Gasteiger partial charge in [0, 0.05) is 28.9 Å². The molecule has 0 spiro atoms. The second-order valence-corrected chi connectivity index (χ2v) is 8.53. The van der Waals surface area contributed by atoms with Crippen molar-refractivity contribution in [2.24, 2.45) is 11.0 Å². The maximum absolute atomic E-state index is 15.9. The Hall–Kier alpha value is -3.65. The standard InChI is InChI=1S/C23H21F7N6O/c1-13-18(24)8-7-17(20(13)25)21(37,11-36-12-32-34-35-36)22(26,27)19-9-4-15(10-31-19)14-2-5-16(6-3-14)33-23(28,29)30/h2-10,12-13,20,33-35,37H,11H2,1H3/t13?,20?,21-/m1/s1. The van der Waals surface area contributed by atoms with Crippen LogP contribution in [0.25, 0.3) is 11.1 Å². The van der Waals surface area contributed by atoms with Crippen molar-refractivity contribution in [2.75, 3.05) is 11.9 Å². The number of allylic oxidation sites excluding steroid dienone is 3. The number of hydrazone groups is 1. The molecule has 37 heavy (non-hydrogen) atoms. The number of hydrogen-bond acceptors (Lipinski definition) is 7. The number of pyridine rings is 1.